The third-order valence-corrected chi connectivity index (χ3v) is 2.79. The van der Waals surface area contributed by atoms with E-state index in [1.807, 2.05) is 13.0 Å². The number of aryl methyl sites for hydroxylation is 1. The van der Waals surface area contributed by atoms with Crippen molar-refractivity contribution in [2.24, 2.45) is 5.73 Å². The number of halogens is 1. The molecule has 4 N–H and O–H groups in total. The molecule has 19 heavy (non-hydrogen) atoms. The average molecular weight is 278 g/mol. The lowest BCUT2D eigenvalue weighted by Gasteiger charge is -2.09. The van der Waals surface area contributed by atoms with Gasteiger partial charge in [-0.1, -0.05) is 17.7 Å². The standard InChI is InChI=1S/C13H12ClN3O2/c1-7-2-3-9(14)11(4-7)19-12-5-8(13(16)18)10(15)6-17-12/h2-6H,15H2,1H3,(H2,16,18). The molecule has 0 spiro atoms. The molecule has 1 aromatic heterocycles. The van der Waals surface area contributed by atoms with E-state index in [9.17, 15) is 4.79 Å². The van der Waals surface area contributed by atoms with Gasteiger partial charge in [0.2, 0.25) is 5.88 Å². The van der Waals surface area contributed by atoms with Crippen LogP contribution in [0.4, 0.5) is 5.69 Å². The minimum absolute atomic E-state index is 0.161. The van der Waals surface area contributed by atoms with E-state index in [0.717, 1.165) is 5.56 Å². The summed E-state index contributed by atoms with van der Waals surface area (Å²) in [4.78, 5) is 15.2. The number of anilines is 1. The van der Waals surface area contributed by atoms with Gasteiger partial charge >= 0.3 is 0 Å². The van der Waals surface area contributed by atoms with Crippen LogP contribution in [0.5, 0.6) is 11.6 Å². The molecule has 0 unspecified atom stereocenters. The molecule has 0 aliphatic rings. The lowest BCUT2D eigenvalue weighted by atomic mass is 10.2. The molecule has 0 aliphatic heterocycles. The highest BCUT2D eigenvalue weighted by Crippen LogP contribution is 2.30. The van der Waals surface area contributed by atoms with Gasteiger partial charge < -0.3 is 16.2 Å². The highest BCUT2D eigenvalue weighted by atomic mass is 35.5. The minimum Gasteiger partial charge on any atom is -0.437 e. The summed E-state index contributed by atoms with van der Waals surface area (Å²) in [7, 11) is 0. The first-order valence-electron chi connectivity index (χ1n) is 5.46. The van der Waals surface area contributed by atoms with Crippen molar-refractivity contribution in [3.8, 4) is 11.6 Å². The zero-order valence-corrected chi connectivity index (χ0v) is 10.9. The molecule has 2 rings (SSSR count). The topological polar surface area (TPSA) is 91.2 Å². The average Bonchev–Trinajstić information content (AvgIpc) is 2.36. The van der Waals surface area contributed by atoms with Crippen molar-refractivity contribution in [2.75, 3.05) is 5.73 Å². The van der Waals surface area contributed by atoms with Crippen LogP contribution in [0.15, 0.2) is 30.5 Å². The summed E-state index contributed by atoms with van der Waals surface area (Å²) in [5, 5.41) is 0.449. The molecule has 6 heteroatoms. The zero-order chi connectivity index (χ0) is 14.0. The summed E-state index contributed by atoms with van der Waals surface area (Å²) in [6, 6.07) is 6.74. The number of nitrogens with zero attached hydrogens (tertiary/aromatic N) is 1. The lowest BCUT2D eigenvalue weighted by Crippen LogP contribution is -2.13. The number of hydrogen-bond acceptors (Lipinski definition) is 4. The van der Waals surface area contributed by atoms with E-state index < -0.39 is 5.91 Å². The van der Waals surface area contributed by atoms with Crippen LogP contribution in [0, 0.1) is 6.92 Å². The molecule has 98 valence electrons. The number of primary amides is 1. The molecule has 2 aromatic rings. The van der Waals surface area contributed by atoms with Gasteiger partial charge in [-0.15, -0.1) is 0 Å². The Morgan fingerprint density at radius 3 is 2.79 bits per heavy atom. The fraction of sp³-hybridized carbons (Fsp3) is 0.0769. The summed E-state index contributed by atoms with van der Waals surface area (Å²) < 4.78 is 5.53. The summed E-state index contributed by atoms with van der Waals surface area (Å²) in [6.45, 7) is 1.91. The molecular formula is C13H12ClN3O2. The fourth-order valence-electron chi connectivity index (χ4n) is 1.52. The quantitative estimate of drug-likeness (QED) is 0.902. The molecule has 0 fully saturated rings. The number of pyridine rings is 1. The maximum Gasteiger partial charge on any atom is 0.251 e. The van der Waals surface area contributed by atoms with E-state index in [1.165, 1.54) is 12.3 Å². The SMILES string of the molecule is Cc1ccc(Cl)c(Oc2cc(C(N)=O)c(N)cn2)c1. The number of ether oxygens (including phenoxy) is 1. The summed E-state index contributed by atoms with van der Waals surface area (Å²) in [6.07, 6.45) is 1.32. The van der Waals surface area contributed by atoms with Crippen LogP contribution in [0.3, 0.4) is 0 Å². The number of benzene rings is 1. The molecule has 0 bridgehead atoms. The van der Waals surface area contributed by atoms with Crippen LogP contribution in [0.25, 0.3) is 0 Å². The van der Waals surface area contributed by atoms with Gasteiger partial charge in [-0.3, -0.25) is 4.79 Å². The van der Waals surface area contributed by atoms with E-state index >= 15 is 0 Å². The third kappa shape index (κ3) is 2.95. The van der Waals surface area contributed by atoms with Gasteiger partial charge in [0.25, 0.3) is 5.91 Å². The van der Waals surface area contributed by atoms with Crippen LogP contribution in [0.1, 0.15) is 15.9 Å². The molecule has 0 saturated heterocycles. The van der Waals surface area contributed by atoms with Gasteiger partial charge in [0.05, 0.1) is 22.5 Å². The van der Waals surface area contributed by atoms with Crippen molar-refractivity contribution in [3.05, 3.63) is 46.6 Å². The highest BCUT2D eigenvalue weighted by molar-refractivity contribution is 6.32. The first kappa shape index (κ1) is 13.2. The van der Waals surface area contributed by atoms with Crippen molar-refractivity contribution in [3.63, 3.8) is 0 Å². The molecule has 0 saturated carbocycles. The molecule has 0 atom stereocenters. The Morgan fingerprint density at radius 2 is 2.11 bits per heavy atom. The van der Waals surface area contributed by atoms with Crippen LogP contribution in [-0.2, 0) is 0 Å². The van der Waals surface area contributed by atoms with Gasteiger partial charge in [-0.05, 0) is 24.6 Å². The van der Waals surface area contributed by atoms with E-state index in [0.29, 0.717) is 10.8 Å². The first-order chi connectivity index (χ1) is 8.97. The number of carbonyl (C=O) groups excluding carboxylic acids is 1. The van der Waals surface area contributed by atoms with Gasteiger partial charge in [0, 0.05) is 6.07 Å². The van der Waals surface area contributed by atoms with Crippen molar-refractivity contribution in [2.45, 2.75) is 6.92 Å². The number of nitrogen functional groups attached to an aromatic ring is 1. The van der Waals surface area contributed by atoms with Crippen LogP contribution in [0.2, 0.25) is 5.02 Å². The third-order valence-electron chi connectivity index (χ3n) is 2.48. The second kappa shape index (κ2) is 5.16. The number of rotatable bonds is 3. The van der Waals surface area contributed by atoms with Gasteiger partial charge in [-0.25, -0.2) is 4.98 Å². The molecule has 0 aliphatic carbocycles. The monoisotopic (exact) mass is 277 g/mol. The van der Waals surface area contributed by atoms with Crippen LogP contribution < -0.4 is 16.2 Å². The minimum atomic E-state index is -0.639. The molecule has 0 radical (unpaired) electrons. The summed E-state index contributed by atoms with van der Waals surface area (Å²) >= 11 is 6.01. The molecule has 1 aromatic carbocycles. The van der Waals surface area contributed by atoms with Crippen molar-refractivity contribution < 1.29 is 9.53 Å². The van der Waals surface area contributed by atoms with Crippen molar-refractivity contribution in [1.29, 1.82) is 0 Å². The van der Waals surface area contributed by atoms with Crippen molar-refractivity contribution in [1.82, 2.24) is 4.98 Å². The Hall–Kier alpha value is -2.27. The normalized spacial score (nSPS) is 10.2. The Kier molecular flexibility index (Phi) is 3.57. The molecular weight excluding hydrogens is 266 g/mol. The number of nitrogens with two attached hydrogens (primary N) is 2. The molecule has 1 heterocycles. The fourth-order valence-corrected chi connectivity index (χ4v) is 1.67. The zero-order valence-electron chi connectivity index (χ0n) is 10.2. The maximum atomic E-state index is 11.2. The molecule has 1 amide bonds. The second-order valence-electron chi connectivity index (χ2n) is 4.01. The number of aromatic nitrogens is 1. The number of carbonyl (C=O) groups is 1. The lowest BCUT2D eigenvalue weighted by molar-refractivity contribution is 0.100. The van der Waals surface area contributed by atoms with Crippen LogP contribution >= 0.6 is 11.6 Å². The second-order valence-corrected chi connectivity index (χ2v) is 4.42. The summed E-state index contributed by atoms with van der Waals surface area (Å²) in [5.74, 6) is 0.0185. The predicted molar refractivity (Wildman–Crippen MR) is 73.4 cm³/mol. The van der Waals surface area contributed by atoms with Gasteiger partial charge in [0.1, 0.15) is 5.75 Å². The Labute approximate surface area is 115 Å². The van der Waals surface area contributed by atoms with Crippen molar-refractivity contribution >= 4 is 23.2 Å². The Morgan fingerprint density at radius 1 is 1.37 bits per heavy atom. The predicted octanol–water partition coefficient (Wildman–Crippen LogP) is 2.52. The first-order valence-corrected chi connectivity index (χ1v) is 5.84. The Balaban J connectivity index is 2.36. The van der Waals surface area contributed by atoms with Gasteiger partial charge in [0.15, 0.2) is 0 Å². The largest absolute Gasteiger partial charge is 0.437 e. The van der Waals surface area contributed by atoms with Gasteiger partial charge in [-0.2, -0.15) is 0 Å². The summed E-state index contributed by atoms with van der Waals surface area (Å²) in [5.41, 5.74) is 12.2. The number of amides is 1. The Bertz CT molecular complexity index is 644. The van der Waals surface area contributed by atoms with E-state index in [1.54, 1.807) is 12.1 Å². The number of hydrogen-bond donors (Lipinski definition) is 2. The van der Waals surface area contributed by atoms with E-state index in [4.69, 9.17) is 27.8 Å². The maximum absolute atomic E-state index is 11.2. The molecule has 5 nitrogen and oxygen atoms in total. The van der Waals surface area contributed by atoms with E-state index in [-0.39, 0.29) is 17.1 Å². The van der Waals surface area contributed by atoms with Crippen LogP contribution in [-0.4, -0.2) is 10.9 Å². The van der Waals surface area contributed by atoms with E-state index in [2.05, 4.69) is 4.98 Å². The highest BCUT2D eigenvalue weighted by Gasteiger charge is 2.10. The smallest absolute Gasteiger partial charge is 0.251 e.